The molecule has 0 spiro atoms. The minimum absolute atomic E-state index is 0.128. The maximum atomic E-state index is 12.4. The van der Waals surface area contributed by atoms with Gasteiger partial charge < -0.3 is 15.7 Å². The predicted molar refractivity (Wildman–Crippen MR) is 117 cm³/mol. The lowest BCUT2D eigenvalue weighted by Crippen LogP contribution is -2.31. The Morgan fingerprint density at radius 2 is 1.63 bits per heavy atom. The van der Waals surface area contributed by atoms with E-state index < -0.39 is 17.9 Å². The molecule has 154 valence electrons. The van der Waals surface area contributed by atoms with E-state index in [0.29, 0.717) is 16.5 Å². The van der Waals surface area contributed by atoms with E-state index in [4.69, 9.17) is 34.8 Å². The first-order chi connectivity index (χ1) is 14.3. The number of anilines is 2. The number of benzene rings is 1. The van der Waals surface area contributed by atoms with Gasteiger partial charge in [0.1, 0.15) is 11.9 Å². The molecule has 0 saturated heterocycles. The number of pyridine rings is 2. The molecule has 0 saturated carbocycles. The number of nitrogens with zero attached hydrogens (tertiary/aromatic N) is 2. The summed E-state index contributed by atoms with van der Waals surface area (Å²) in [4.78, 5) is 31.9. The Morgan fingerprint density at radius 3 is 2.20 bits per heavy atom. The zero-order valence-electron chi connectivity index (χ0n) is 15.3. The van der Waals surface area contributed by atoms with Crippen LogP contribution >= 0.6 is 34.8 Å². The van der Waals surface area contributed by atoms with Gasteiger partial charge in [-0.3, -0.25) is 9.78 Å². The van der Waals surface area contributed by atoms with Crippen LogP contribution in [0.25, 0.3) is 0 Å². The van der Waals surface area contributed by atoms with Crippen LogP contribution in [0.2, 0.25) is 15.1 Å². The maximum Gasteiger partial charge on any atom is 0.326 e. The number of aliphatic carboxylic acids is 1. The van der Waals surface area contributed by atoms with Crippen LogP contribution < -0.4 is 10.6 Å². The number of hydrogen-bond acceptors (Lipinski definition) is 5. The summed E-state index contributed by atoms with van der Waals surface area (Å²) in [6.45, 7) is 0. The summed E-state index contributed by atoms with van der Waals surface area (Å²) in [5.41, 5.74) is 1.39. The van der Waals surface area contributed by atoms with Crippen molar-refractivity contribution in [2.75, 3.05) is 10.6 Å². The van der Waals surface area contributed by atoms with Crippen molar-refractivity contribution in [1.29, 1.82) is 0 Å². The third kappa shape index (κ3) is 5.60. The second kappa shape index (κ2) is 9.75. The first-order valence-electron chi connectivity index (χ1n) is 8.63. The van der Waals surface area contributed by atoms with Gasteiger partial charge in [-0.05, 0) is 29.8 Å². The van der Waals surface area contributed by atoms with Crippen LogP contribution in [0.15, 0.2) is 55.0 Å². The van der Waals surface area contributed by atoms with E-state index in [1.165, 1.54) is 18.6 Å². The molecule has 0 aliphatic heterocycles. The largest absolute Gasteiger partial charge is 0.480 e. The molecule has 3 aromatic rings. The Kier molecular flexibility index (Phi) is 7.10. The number of nitrogens with one attached hydrogen (secondary N) is 2. The van der Waals surface area contributed by atoms with Gasteiger partial charge in [0.15, 0.2) is 0 Å². The number of carbonyl (C=O) groups is 2. The molecule has 2 aromatic heterocycles. The van der Waals surface area contributed by atoms with Crippen molar-refractivity contribution in [2.24, 2.45) is 0 Å². The molecule has 7 nitrogen and oxygen atoms in total. The Balaban J connectivity index is 1.67. The van der Waals surface area contributed by atoms with Crippen LogP contribution in [0, 0.1) is 0 Å². The topological polar surface area (TPSA) is 104 Å². The molecule has 1 atom stereocenters. The summed E-state index contributed by atoms with van der Waals surface area (Å²) in [5.74, 6) is -1.09. The number of aromatic nitrogens is 2. The van der Waals surface area contributed by atoms with Crippen LogP contribution in [0.4, 0.5) is 11.5 Å². The fraction of sp³-hybridized carbons (Fsp3) is 0.100. The van der Waals surface area contributed by atoms with E-state index in [1.807, 2.05) is 0 Å². The molecule has 2 heterocycles. The van der Waals surface area contributed by atoms with E-state index in [1.54, 1.807) is 36.4 Å². The highest BCUT2D eigenvalue weighted by atomic mass is 35.5. The third-order valence-corrected chi connectivity index (χ3v) is 4.88. The van der Waals surface area contributed by atoms with Crippen LogP contribution in [-0.2, 0) is 11.2 Å². The van der Waals surface area contributed by atoms with Crippen molar-refractivity contribution in [1.82, 2.24) is 9.97 Å². The molecular weight excluding hydrogens is 451 g/mol. The molecule has 0 aliphatic carbocycles. The number of hydrogen-bond donors (Lipinski definition) is 3. The number of halogens is 3. The van der Waals surface area contributed by atoms with Crippen molar-refractivity contribution >= 4 is 58.2 Å². The standard InChI is InChI=1S/C20H15Cl3N4O3/c21-12-3-6-17(25-8-12)27-16(20(29)30)7-11-1-4-13(5-2-11)26-19(28)18-14(22)9-24-10-15(18)23/h1-6,8-10,16H,7H2,(H,25,27)(H,26,28)(H,29,30). The first-order valence-corrected chi connectivity index (χ1v) is 9.77. The molecule has 0 fully saturated rings. The van der Waals surface area contributed by atoms with E-state index in [9.17, 15) is 14.7 Å². The van der Waals surface area contributed by atoms with Gasteiger partial charge in [-0.25, -0.2) is 9.78 Å². The van der Waals surface area contributed by atoms with Gasteiger partial charge in [0, 0.05) is 30.7 Å². The summed E-state index contributed by atoms with van der Waals surface area (Å²) >= 11 is 17.8. The zero-order valence-corrected chi connectivity index (χ0v) is 17.5. The number of rotatable bonds is 7. The fourth-order valence-corrected chi connectivity index (χ4v) is 3.27. The van der Waals surface area contributed by atoms with Gasteiger partial charge in [0.25, 0.3) is 5.91 Å². The average Bonchev–Trinajstić information content (AvgIpc) is 2.70. The van der Waals surface area contributed by atoms with Gasteiger partial charge in [-0.2, -0.15) is 0 Å². The van der Waals surface area contributed by atoms with E-state index in [0.717, 1.165) is 5.56 Å². The van der Waals surface area contributed by atoms with Gasteiger partial charge in [0.2, 0.25) is 0 Å². The zero-order chi connectivity index (χ0) is 21.7. The van der Waals surface area contributed by atoms with Gasteiger partial charge in [0.05, 0.1) is 20.6 Å². The van der Waals surface area contributed by atoms with Crippen molar-refractivity contribution in [3.8, 4) is 0 Å². The smallest absolute Gasteiger partial charge is 0.326 e. The first kappa shape index (κ1) is 21.8. The normalized spacial score (nSPS) is 11.6. The third-order valence-electron chi connectivity index (χ3n) is 4.08. The molecule has 10 heteroatoms. The average molecular weight is 466 g/mol. The molecule has 0 bridgehead atoms. The molecular formula is C20H15Cl3N4O3. The fourth-order valence-electron chi connectivity index (χ4n) is 2.62. The molecule has 3 N–H and O–H groups in total. The van der Waals surface area contributed by atoms with Crippen molar-refractivity contribution in [3.05, 3.63) is 81.2 Å². The molecule has 0 radical (unpaired) electrons. The van der Waals surface area contributed by atoms with Crippen LogP contribution in [0.1, 0.15) is 15.9 Å². The molecule has 30 heavy (non-hydrogen) atoms. The van der Waals surface area contributed by atoms with Gasteiger partial charge in [-0.1, -0.05) is 46.9 Å². The second-order valence-corrected chi connectivity index (χ2v) is 7.48. The highest BCUT2D eigenvalue weighted by Crippen LogP contribution is 2.24. The number of carboxylic acid groups (broad SMARTS) is 1. The minimum atomic E-state index is -1.02. The molecule has 1 amide bonds. The van der Waals surface area contributed by atoms with E-state index >= 15 is 0 Å². The summed E-state index contributed by atoms with van der Waals surface area (Å²) in [5, 5.41) is 15.8. The number of amides is 1. The predicted octanol–water partition coefficient (Wildman–Crippen LogP) is 4.80. The lowest BCUT2D eigenvalue weighted by Gasteiger charge is -2.15. The molecule has 3 rings (SSSR count). The molecule has 0 aliphatic rings. The monoisotopic (exact) mass is 464 g/mol. The van der Waals surface area contributed by atoms with Crippen molar-refractivity contribution < 1.29 is 14.7 Å². The van der Waals surface area contributed by atoms with Crippen molar-refractivity contribution in [2.45, 2.75) is 12.5 Å². The highest BCUT2D eigenvalue weighted by Gasteiger charge is 2.19. The Hall–Kier alpha value is -2.87. The van der Waals surface area contributed by atoms with Crippen LogP contribution in [-0.4, -0.2) is 33.0 Å². The SMILES string of the molecule is O=C(Nc1ccc(CC(Nc2ccc(Cl)cn2)C(=O)O)cc1)c1c(Cl)cncc1Cl. The summed E-state index contributed by atoms with van der Waals surface area (Å²) in [7, 11) is 0. The minimum Gasteiger partial charge on any atom is -0.480 e. The lowest BCUT2D eigenvalue weighted by atomic mass is 10.1. The van der Waals surface area contributed by atoms with Crippen LogP contribution in [0.3, 0.4) is 0 Å². The molecule has 1 aromatic carbocycles. The summed E-state index contributed by atoms with van der Waals surface area (Å²) in [6.07, 6.45) is 4.30. The quantitative estimate of drug-likeness (QED) is 0.463. The van der Waals surface area contributed by atoms with Gasteiger partial charge in [-0.15, -0.1) is 0 Å². The summed E-state index contributed by atoms with van der Waals surface area (Å²) < 4.78 is 0. The van der Waals surface area contributed by atoms with E-state index in [-0.39, 0.29) is 22.0 Å². The number of carboxylic acids is 1. The Morgan fingerprint density at radius 1 is 0.967 bits per heavy atom. The van der Waals surface area contributed by atoms with Crippen LogP contribution in [0.5, 0.6) is 0 Å². The Bertz CT molecular complexity index is 1040. The lowest BCUT2D eigenvalue weighted by molar-refractivity contribution is -0.137. The Labute approximate surface area is 187 Å². The highest BCUT2D eigenvalue weighted by molar-refractivity contribution is 6.40. The van der Waals surface area contributed by atoms with Crippen molar-refractivity contribution in [3.63, 3.8) is 0 Å². The van der Waals surface area contributed by atoms with Gasteiger partial charge >= 0.3 is 5.97 Å². The van der Waals surface area contributed by atoms with E-state index in [2.05, 4.69) is 20.6 Å². The second-order valence-electron chi connectivity index (χ2n) is 6.23. The maximum absolute atomic E-state index is 12.4. The number of carbonyl (C=O) groups excluding carboxylic acids is 1. The summed E-state index contributed by atoms with van der Waals surface area (Å²) in [6, 6.07) is 9.09. The molecule has 1 unspecified atom stereocenters.